The van der Waals surface area contributed by atoms with Gasteiger partial charge in [0, 0.05) is 21.2 Å². The predicted molar refractivity (Wildman–Crippen MR) is 82.9 cm³/mol. The molecule has 0 aliphatic carbocycles. The first-order chi connectivity index (χ1) is 9.97. The van der Waals surface area contributed by atoms with Crippen molar-refractivity contribution < 1.29 is 14.7 Å². The van der Waals surface area contributed by atoms with Gasteiger partial charge in [0.2, 0.25) is 5.91 Å². The third kappa shape index (κ3) is 4.00. The third-order valence-electron chi connectivity index (χ3n) is 2.83. The summed E-state index contributed by atoms with van der Waals surface area (Å²) in [5.41, 5.74) is 6.70. The number of halogens is 1. The van der Waals surface area contributed by atoms with Gasteiger partial charge in [0.15, 0.2) is 0 Å². The molecule has 108 valence electrons. The Labute approximate surface area is 130 Å². The topological polar surface area (TPSA) is 80.4 Å². The van der Waals surface area contributed by atoms with E-state index in [-0.39, 0.29) is 5.56 Å². The highest BCUT2D eigenvalue weighted by Gasteiger charge is 2.07. The molecule has 0 unspecified atom stereocenters. The van der Waals surface area contributed by atoms with Crippen LogP contribution in [0.2, 0.25) is 5.02 Å². The van der Waals surface area contributed by atoms with Crippen LogP contribution in [0.4, 0.5) is 0 Å². The molecule has 0 aromatic heterocycles. The van der Waals surface area contributed by atoms with E-state index in [9.17, 15) is 9.59 Å². The lowest BCUT2D eigenvalue weighted by Gasteiger charge is -2.06. The lowest BCUT2D eigenvalue weighted by molar-refractivity contribution is 0.0696. The first-order valence-corrected chi connectivity index (χ1v) is 7.38. The molecular weight excluding hydrogens is 310 g/mol. The van der Waals surface area contributed by atoms with Crippen LogP contribution in [0.15, 0.2) is 47.4 Å². The van der Waals surface area contributed by atoms with Crippen molar-refractivity contribution in [3.63, 3.8) is 0 Å². The number of carbonyl (C=O) groups is 2. The molecule has 2 aromatic carbocycles. The van der Waals surface area contributed by atoms with Crippen LogP contribution < -0.4 is 5.73 Å². The predicted octanol–water partition coefficient (Wildman–Crippen LogP) is 3.43. The van der Waals surface area contributed by atoms with Gasteiger partial charge in [0.05, 0.1) is 5.56 Å². The van der Waals surface area contributed by atoms with Crippen molar-refractivity contribution in [3.05, 3.63) is 64.2 Å². The fraction of sp³-hybridized carbons (Fsp3) is 0.0667. The lowest BCUT2D eigenvalue weighted by Crippen LogP contribution is -2.10. The van der Waals surface area contributed by atoms with E-state index in [2.05, 4.69) is 0 Å². The Morgan fingerprint density at radius 3 is 2.24 bits per heavy atom. The highest BCUT2D eigenvalue weighted by atomic mass is 35.5. The molecule has 6 heteroatoms. The SMILES string of the molecule is NC(=O)c1ccc(CSc2ccc(C(=O)O)cc2)c(Cl)c1. The average molecular weight is 322 g/mol. The second-order valence-corrected chi connectivity index (χ2v) is 5.74. The fourth-order valence-electron chi connectivity index (χ4n) is 1.67. The molecule has 21 heavy (non-hydrogen) atoms. The zero-order valence-electron chi connectivity index (χ0n) is 10.9. The van der Waals surface area contributed by atoms with Gasteiger partial charge in [0.1, 0.15) is 0 Å². The number of hydrogen-bond acceptors (Lipinski definition) is 3. The number of thioether (sulfide) groups is 1. The van der Waals surface area contributed by atoms with E-state index >= 15 is 0 Å². The summed E-state index contributed by atoms with van der Waals surface area (Å²) < 4.78 is 0. The monoisotopic (exact) mass is 321 g/mol. The Hall–Kier alpha value is -1.98. The Kier molecular flexibility index (Phi) is 4.88. The molecule has 0 aliphatic heterocycles. The normalized spacial score (nSPS) is 10.3. The zero-order valence-corrected chi connectivity index (χ0v) is 12.4. The molecule has 0 saturated carbocycles. The van der Waals surface area contributed by atoms with E-state index in [1.165, 1.54) is 11.8 Å². The van der Waals surface area contributed by atoms with Gasteiger partial charge in [-0.2, -0.15) is 0 Å². The lowest BCUT2D eigenvalue weighted by atomic mass is 10.1. The van der Waals surface area contributed by atoms with Crippen LogP contribution in [0.1, 0.15) is 26.3 Å². The molecule has 0 saturated heterocycles. The van der Waals surface area contributed by atoms with Crippen molar-refractivity contribution in [1.29, 1.82) is 0 Å². The van der Waals surface area contributed by atoms with E-state index in [1.807, 2.05) is 0 Å². The maximum atomic E-state index is 11.0. The number of hydrogen-bond donors (Lipinski definition) is 2. The molecule has 0 bridgehead atoms. The molecule has 2 rings (SSSR count). The van der Waals surface area contributed by atoms with Crippen molar-refractivity contribution in [2.24, 2.45) is 5.73 Å². The Morgan fingerprint density at radius 2 is 1.71 bits per heavy atom. The Morgan fingerprint density at radius 1 is 1.10 bits per heavy atom. The van der Waals surface area contributed by atoms with Gasteiger partial charge in [-0.3, -0.25) is 4.79 Å². The van der Waals surface area contributed by atoms with Gasteiger partial charge < -0.3 is 10.8 Å². The number of carboxylic acids is 1. The molecule has 0 radical (unpaired) electrons. The number of benzene rings is 2. The van der Waals surface area contributed by atoms with Crippen LogP contribution in [-0.4, -0.2) is 17.0 Å². The van der Waals surface area contributed by atoms with Crippen LogP contribution in [0, 0.1) is 0 Å². The van der Waals surface area contributed by atoms with E-state index in [0.717, 1.165) is 10.5 Å². The van der Waals surface area contributed by atoms with Gasteiger partial charge in [0.25, 0.3) is 0 Å². The highest BCUT2D eigenvalue weighted by molar-refractivity contribution is 7.98. The van der Waals surface area contributed by atoms with Crippen LogP contribution >= 0.6 is 23.4 Å². The summed E-state index contributed by atoms with van der Waals surface area (Å²) in [5.74, 6) is -0.846. The molecule has 0 spiro atoms. The molecule has 3 N–H and O–H groups in total. The maximum Gasteiger partial charge on any atom is 0.335 e. The molecule has 1 amide bonds. The summed E-state index contributed by atoms with van der Waals surface area (Å²) in [6.45, 7) is 0. The second kappa shape index (κ2) is 6.65. The Bertz CT molecular complexity index is 686. The van der Waals surface area contributed by atoms with Gasteiger partial charge in [-0.05, 0) is 42.0 Å². The van der Waals surface area contributed by atoms with Crippen LogP contribution in [0.3, 0.4) is 0 Å². The molecule has 0 fully saturated rings. The quantitative estimate of drug-likeness (QED) is 0.827. The summed E-state index contributed by atoms with van der Waals surface area (Å²) in [6, 6.07) is 11.6. The number of aromatic carboxylic acids is 1. The van der Waals surface area contributed by atoms with E-state index in [0.29, 0.717) is 16.3 Å². The average Bonchev–Trinajstić information content (AvgIpc) is 2.46. The summed E-state index contributed by atoms with van der Waals surface area (Å²) in [6.07, 6.45) is 0. The zero-order chi connectivity index (χ0) is 15.4. The van der Waals surface area contributed by atoms with Crippen molar-refractivity contribution in [1.82, 2.24) is 0 Å². The second-order valence-electron chi connectivity index (χ2n) is 4.29. The highest BCUT2D eigenvalue weighted by Crippen LogP contribution is 2.27. The fourth-order valence-corrected chi connectivity index (χ4v) is 2.90. The summed E-state index contributed by atoms with van der Waals surface area (Å²) >= 11 is 7.64. The number of amides is 1. The van der Waals surface area contributed by atoms with Crippen molar-refractivity contribution in [3.8, 4) is 0 Å². The van der Waals surface area contributed by atoms with E-state index in [1.54, 1.807) is 42.5 Å². The van der Waals surface area contributed by atoms with Crippen LogP contribution in [0.5, 0.6) is 0 Å². The number of carboxylic acid groups (broad SMARTS) is 1. The molecule has 0 aliphatic rings. The van der Waals surface area contributed by atoms with E-state index in [4.69, 9.17) is 22.4 Å². The van der Waals surface area contributed by atoms with E-state index < -0.39 is 11.9 Å². The van der Waals surface area contributed by atoms with Gasteiger partial charge in [-0.1, -0.05) is 17.7 Å². The number of carbonyl (C=O) groups excluding carboxylic acids is 1. The van der Waals surface area contributed by atoms with Crippen LogP contribution in [0.25, 0.3) is 0 Å². The molecule has 2 aromatic rings. The van der Waals surface area contributed by atoms with Crippen LogP contribution in [-0.2, 0) is 5.75 Å². The Balaban J connectivity index is 2.06. The van der Waals surface area contributed by atoms with Gasteiger partial charge in [-0.25, -0.2) is 4.79 Å². The summed E-state index contributed by atoms with van der Waals surface area (Å²) in [4.78, 5) is 22.7. The maximum absolute atomic E-state index is 11.0. The van der Waals surface area contributed by atoms with Gasteiger partial charge in [-0.15, -0.1) is 11.8 Å². The molecule has 0 atom stereocenters. The minimum atomic E-state index is -0.948. The minimum Gasteiger partial charge on any atom is -0.478 e. The first-order valence-electron chi connectivity index (χ1n) is 6.02. The molecule has 0 heterocycles. The largest absolute Gasteiger partial charge is 0.478 e. The van der Waals surface area contributed by atoms with Crippen molar-refractivity contribution in [2.45, 2.75) is 10.6 Å². The number of nitrogens with two attached hydrogens (primary N) is 1. The standard InChI is InChI=1S/C15H12ClNO3S/c16-13-7-10(14(17)18)1-2-11(13)8-21-12-5-3-9(4-6-12)15(19)20/h1-7H,8H2,(H2,17,18)(H,19,20). The smallest absolute Gasteiger partial charge is 0.335 e. The molecule has 4 nitrogen and oxygen atoms in total. The van der Waals surface area contributed by atoms with Crippen molar-refractivity contribution >= 4 is 35.2 Å². The summed E-state index contributed by atoms with van der Waals surface area (Å²) in [7, 11) is 0. The molecular formula is C15H12ClNO3S. The van der Waals surface area contributed by atoms with Crippen molar-refractivity contribution in [2.75, 3.05) is 0 Å². The first kappa shape index (κ1) is 15.4. The number of rotatable bonds is 5. The van der Waals surface area contributed by atoms with Gasteiger partial charge >= 0.3 is 5.97 Å². The number of primary amides is 1. The summed E-state index contributed by atoms with van der Waals surface area (Å²) in [5, 5.41) is 9.32. The third-order valence-corrected chi connectivity index (χ3v) is 4.25. The minimum absolute atomic E-state index is 0.253.